The third-order valence-corrected chi connectivity index (χ3v) is 2.44. The van der Waals surface area contributed by atoms with Gasteiger partial charge in [0.1, 0.15) is 6.04 Å². The van der Waals surface area contributed by atoms with Crippen molar-refractivity contribution in [2.75, 3.05) is 25.2 Å². The molecule has 16 heavy (non-hydrogen) atoms. The Hall–Kier alpha value is -1.26. The van der Waals surface area contributed by atoms with E-state index in [1.54, 1.807) is 0 Å². The number of carboxylic acid groups (broad SMARTS) is 1. The first-order valence-corrected chi connectivity index (χ1v) is 5.73. The predicted molar refractivity (Wildman–Crippen MR) is 59.0 cm³/mol. The first-order valence-electron chi connectivity index (χ1n) is 4.57. The molecule has 0 saturated carbocycles. The van der Waals surface area contributed by atoms with Crippen LogP contribution in [-0.4, -0.2) is 48.2 Å². The van der Waals surface area contributed by atoms with Crippen LogP contribution in [0, 0.1) is 11.3 Å². The molecule has 7 heteroatoms. The van der Waals surface area contributed by atoms with Gasteiger partial charge < -0.3 is 15.2 Å². The number of carbonyl (C=O) groups excluding carboxylic acids is 1. The van der Waals surface area contributed by atoms with Crippen molar-refractivity contribution in [2.45, 2.75) is 12.5 Å². The first-order chi connectivity index (χ1) is 7.61. The Morgan fingerprint density at radius 3 is 2.81 bits per heavy atom. The number of carboxylic acids is 1. The van der Waals surface area contributed by atoms with E-state index in [0.717, 1.165) is 11.8 Å². The number of methoxy groups -OCH3 is 1. The van der Waals surface area contributed by atoms with Crippen LogP contribution in [-0.2, 0) is 14.3 Å². The van der Waals surface area contributed by atoms with Gasteiger partial charge in [-0.15, -0.1) is 11.8 Å². The summed E-state index contributed by atoms with van der Waals surface area (Å²) >= 11 is 1.14. The molecule has 0 fully saturated rings. The smallest absolute Gasteiger partial charge is 0.326 e. The summed E-state index contributed by atoms with van der Waals surface area (Å²) in [6.45, 7) is 0.266. The number of nitrogens with zero attached hydrogens (tertiary/aromatic N) is 1. The zero-order chi connectivity index (χ0) is 12.4. The topological polar surface area (TPSA) is 99.4 Å². The molecule has 0 aliphatic rings. The number of ether oxygens (including phenoxy) is 1. The van der Waals surface area contributed by atoms with Gasteiger partial charge in [0.15, 0.2) is 0 Å². The van der Waals surface area contributed by atoms with Gasteiger partial charge in [-0.05, 0) is 0 Å². The molecule has 0 aromatic carbocycles. The summed E-state index contributed by atoms with van der Waals surface area (Å²) in [5, 5.41) is 19.4. The number of carbonyl (C=O) groups is 2. The maximum Gasteiger partial charge on any atom is 0.326 e. The van der Waals surface area contributed by atoms with Crippen LogP contribution in [0.4, 0.5) is 0 Å². The van der Waals surface area contributed by atoms with E-state index in [4.69, 9.17) is 15.1 Å². The van der Waals surface area contributed by atoms with Crippen molar-refractivity contribution in [1.82, 2.24) is 5.32 Å². The number of nitrogens with one attached hydrogen (secondary N) is 1. The van der Waals surface area contributed by atoms with Crippen LogP contribution in [0.2, 0.25) is 0 Å². The zero-order valence-electron chi connectivity index (χ0n) is 8.93. The fourth-order valence-corrected chi connectivity index (χ4v) is 1.38. The van der Waals surface area contributed by atoms with Gasteiger partial charge in [0.2, 0.25) is 5.91 Å². The van der Waals surface area contributed by atoms with Gasteiger partial charge in [-0.25, -0.2) is 4.79 Å². The third kappa shape index (κ3) is 7.09. The van der Waals surface area contributed by atoms with Crippen LogP contribution < -0.4 is 5.32 Å². The molecular formula is C9H14N2O4S. The second-order valence-electron chi connectivity index (χ2n) is 2.89. The molecule has 0 aromatic rings. The molecule has 0 spiro atoms. The van der Waals surface area contributed by atoms with E-state index in [-0.39, 0.29) is 30.4 Å². The van der Waals surface area contributed by atoms with Gasteiger partial charge >= 0.3 is 5.97 Å². The summed E-state index contributed by atoms with van der Waals surface area (Å²) < 4.78 is 4.74. The Kier molecular flexibility index (Phi) is 8.29. The van der Waals surface area contributed by atoms with Gasteiger partial charge in [0.05, 0.1) is 17.6 Å². The summed E-state index contributed by atoms with van der Waals surface area (Å²) in [6, 6.07) is 0.945. The number of aliphatic carboxylic acids is 1. The number of rotatable bonds is 8. The standard InChI is InChI=1S/C9H14N2O4S/c1-15-4-2-7(9(13)14)11-8(12)6-16-5-3-10/h7H,2,4-6H2,1H3,(H,11,12)(H,13,14). The van der Waals surface area contributed by atoms with Crippen LogP contribution in [0.5, 0.6) is 0 Å². The van der Waals surface area contributed by atoms with E-state index in [9.17, 15) is 9.59 Å². The lowest BCUT2D eigenvalue weighted by molar-refractivity contribution is -0.142. The molecule has 0 bridgehead atoms. The van der Waals surface area contributed by atoms with Crippen LogP contribution >= 0.6 is 11.8 Å². The summed E-state index contributed by atoms with van der Waals surface area (Å²) in [6.07, 6.45) is 0.223. The van der Waals surface area contributed by atoms with Crippen molar-refractivity contribution in [3.05, 3.63) is 0 Å². The van der Waals surface area contributed by atoms with Crippen molar-refractivity contribution >= 4 is 23.6 Å². The van der Waals surface area contributed by atoms with E-state index >= 15 is 0 Å². The molecule has 90 valence electrons. The SMILES string of the molecule is COCCC(NC(=O)CSCC#N)C(=O)O. The molecule has 2 N–H and O–H groups in total. The monoisotopic (exact) mass is 246 g/mol. The molecule has 6 nitrogen and oxygen atoms in total. The quantitative estimate of drug-likeness (QED) is 0.578. The molecule has 0 saturated heterocycles. The number of hydrogen-bond acceptors (Lipinski definition) is 5. The zero-order valence-corrected chi connectivity index (χ0v) is 9.75. The third-order valence-electron chi connectivity index (χ3n) is 1.64. The average molecular weight is 246 g/mol. The van der Waals surface area contributed by atoms with Gasteiger partial charge in [0, 0.05) is 20.1 Å². The Bertz CT molecular complexity index is 277. The highest BCUT2D eigenvalue weighted by molar-refractivity contribution is 8.00. The molecule has 0 aromatic heterocycles. The highest BCUT2D eigenvalue weighted by Gasteiger charge is 2.19. The lowest BCUT2D eigenvalue weighted by atomic mass is 10.2. The maximum atomic E-state index is 11.3. The molecule has 0 heterocycles. The van der Waals surface area contributed by atoms with Crippen LogP contribution in [0.25, 0.3) is 0 Å². The Morgan fingerprint density at radius 2 is 2.31 bits per heavy atom. The summed E-state index contributed by atoms with van der Waals surface area (Å²) in [4.78, 5) is 22.0. The number of amides is 1. The highest BCUT2D eigenvalue weighted by atomic mass is 32.2. The van der Waals surface area contributed by atoms with E-state index in [0.29, 0.717) is 0 Å². The van der Waals surface area contributed by atoms with Crippen molar-refractivity contribution in [3.8, 4) is 6.07 Å². The van der Waals surface area contributed by atoms with Crippen LogP contribution in [0.1, 0.15) is 6.42 Å². The lowest BCUT2D eigenvalue weighted by Crippen LogP contribution is -2.42. The van der Waals surface area contributed by atoms with Gasteiger partial charge in [0.25, 0.3) is 0 Å². The molecular weight excluding hydrogens is 232 g/mol. The maximum absolute atomic E-state index is 11.3. The van der Waals surface area contributed by atoms with Crippen molar-refractivity contribution in [2.24, 2.45) is 0 Å². The summed E-state index contributed by atoms with van der Waals surface area (Å²) in [7, 11) is 1.46. The minimum absolute atomic E-state index is 0.0876. The van der Waals surface area contributed by atoms with Crippen molar-refractivity contribution in [1.29, 1.82) is 5.26 Å². The van der Waals surface area contributed by atoms with Gasteiger partial charge in [-0.3, -0.25) is 4.79 Å². The normalized spacial score (nSPS) is 11.5. The van der Waals surface area contributed by atoms with Crippen LogP contribution in [0.3, 0.4) is 0 Å². The highest BCUT2D eigenvalue weighted by Crippen LogP contribution is 1.99. The number of hydrogen-bond donors (Lipinski definition) is 2. The van der Waals surface area contributed by atoms with Crippen molar-refractivity contribution < 1.29 is 19.4 Å². The lowest BCUT2D eigenvalue weighted by Gasteiger charge is -2.13. The molecule has 1 unspecified atom stereocenters. The largest absolute Gasteiger partial charge is 0.480 e. The fraction of sp³-hybridized carbons (Fsp3) is 0.667. The van der Waals surface area contributed by atoms with E-state index in [1.807, 2.05) is 6.07 Å². The molecule has 0 rings (SSSR count). The second kappa shape index (κ2) is 9.00. The minimum atomic E-state index is -1.09. The summed E-state index contributed by atoms with van der Waals surface area (Å²) in [5.41, 5.74) is 0. The van der Waals surface area contributed by atoms with E-state index in [1.165, 1.54) is 7.11 Å². The van der Waals surface area contributed by atoms with E-state index in [2.05, 4.69) is 5.32 Å². The summed E-state index contributed by atoms with van der Waals surface area (Å²) in [5.74, 6) is -1.17. The predicted octanol–water partition coefficient (Wildman–Crippen LogP) is -0.151. The first kappa shape index (κ1) is 14.7. The second-order valence-corrected chi connectivity index (χ2v) is 3.88. The number of thioether (sulfide) groups is 1. The average Bonchev–Trinajstić information content (AvgIpc) is 2.24. The number of nitriles is 1. The van der Waals surface area contributed by atoms with E-state index < -0.39 is 12.0 Å². The molecule has 0 aliphatic carbocycles. The minimum Gasteiger partial charge on any atom is -0.480 e. The Labute approximate surface area is 98.0 Å². The Balaban J connectivity index is 3.94. The van der Waals surface area contributed by atoms with Crippen molar-refractivity contribution in [3.63, 3.8) is 0 Å². The molecule has 1 atom stereocenters. The molecule has 0 radical (unpaired) electrons. The molecule has 1 amide bonds. The Morgan fingerprint density at radius 1 is 1.62 bits per heavy atom. The van der Waals surface area contributed by atoms with Gasteiger partial charge in [-0.1, -0.05) is 0 Å². The molecule has 0 aliphatic heterocycles. The fourth-order valence-electron chi connectivity index (χ4n) is 0.918. The van der Waals surface area contributed by atoms with Crippen LogP contribution in [0.15, 0.2) is 0 Å². The van der Waals surface area contributed by atoms with Gasteiger partial charge in [-0.2, -0.15) is 5.26 Å².